The molecule has 30 heavy (non-hydrogen) atoms. The van der Waals surface area contributed by atoms with E-state index in [1.165, 1.54) is 17.7 Å². The smallest absolute Gasteiger partial charge is 0.281 e. The van der Waals surface area contributed by atoms with Crippen molar-refractivity contribution < 1.29 is 9.59 Å². The maximum absolute atomic E-state index is 12.8. The fourth-order valence-corrected chi connectivity index (χ4v) is 4.70. The van der Waals surface area contributed by atoms with Crippen LogP contribution >= 0.6 is 11.3 Å². The first-order chi connectivity index (χ1) is 14.3. The monoisotopic (exact) mass is 424 g/mol. The standard InChI is InChI=1S/C22H24N4O3S/c1-12(2)15-6-5-7-17(8-15)25-10-16(9-18(25)27)20(28)24-26-11-23-21-19(22(26)29)13(3)14(4)30-21/h5-8,11-12,16H,9-10H2,1-4H3,(H,24,28)/t16-/m0/s1. The number of amides is 2. The molecular formula is C22H24N4O3S. The molecule has 1 aromatic carbocycles. The van der Waals surface area contributed by atoms with Crippen LogP contribution in [0.15, 0.2) is 35.4 Å². The predicted octanol–water partition coefficient (Wildman–Crippen LogP) is 3.32. The van der Waals surface area contributed by atoms with Crippen molar-refractivity contribution in [3.8, 4) is 0 Å². The summed E-state index contributed by atoms with van der Waals surface area (Å²) in [6.45, 7) is 8.30. The van der Waals surface area contributed by atoms with Crippen LogP contribution in [-0.4, -0.2) is 28.0 Å². The Morgan fingerprint density at radius 3 is 2.77 bits per heavy atom. The van der Waals surface area contributed by atoms with Gasteiger partial charge in [-0.15, -0.1) is 11.3 Å². The summed E-state index contributed by atoms with van der Waals surface area (Å²) in [5, 5.41) is 0.523. The normalized spacial score (nSPS) is 16.6. The number of hydrogen-bond acceptors (Lipinski definition) is 5. The van der Waals surface area contributed by atoms with Gasteiger partial charge in [-0.3, -0.25) is 19.8 Å². The second-order valence-corrected chi connectivity index (χ2v) is 9.22. The van der Waals surface area contributed by atoms with E-state index < -0.39 is 5.92 Å². The van der Waals surface area contributed by atoms with E-state index in [2.05, 4.69) is 24.3 Å². The summed E-state index contributed by atoms with van der Waals surface area (Å²) >= 11 is 1.46. The number of anilines is 1. The van der Waals surface area contributed by atoms with E-state index in [-0.39, 0.29) is 30.3 Å². The molecule has 156 valence electrons. The van der Waals surface area contributed by atoms with Gasteiger partial charge in [-0.05, 0) is 43.0 Å². The molecule has 0 unspecified atom stereocenters. The van der Waals surface area contributed by atoms with Crippen LogP contribution in [0.2, 0.25) is 0 Å². The zero-order valence-corrected chi connectivity index (χ0v) is 18.2. The Morgan fingerprint density at radius 1 is 1.27 bits per heavy atom. The highest BCUT2D eigenvalue weighted by molar-refractivity contribution is 7.18. The Kier molecular flexibility index (Phi) is 5.19. The van der Waals surface area contributed by atoms with E-state index in [1.807, 2.05) is 38.1 Å². The number of thiophene rings is 1. The van der Waals surface area contributed by atoms with Crippen LogP contribution in [0.5, 0.6) is 0 Å². The number of nitrogens with one attached hydrogen (secondary N) is 1. The number of fused-ring (bicyclic) bond motifs is 1. The SMILES string of the molecule is Cc1sc2ncn(NC(=O)[C@H]3CC(=O)N(c4cccc(C(C)C)c4)C3)c(=O)c2c1C. The van der Waals surface area contributed by atoms with Crippen LogP contribution in [0.4, 0.5) is 5.69 Å². The van der Waals surface area contributed by atoms with Crippen molar-refractivity contribution in [2.75, 3.05) is 16.9 Å². The summed E-state index contributed by atoms with van der Waals surface area (Å²) in [7, 11) is 0. The van der Waals surface area contributed by atoms with Gasteiger partial charge in [-0.2, -0.15) is 0 Å². The molecule has 2 amide bonds. The lowest BCUT2D eigenvalue weighted by molar-refractivity contribution is -0.123. The molecule has 0 saturated carbocycles. The van der Waals surface area contributed by atoms with Gasteiger partial charge < -0.3 is 4.90 Å². The molecule has 2 aromatic heterocycles. The van der Waals surface area contributed by atoms with Crippen molar-refractivity contribution in [3.63, 3.8) is 0 Å². The Labute approximate surface area is 178 Å². The van der Waals surface area contributed by atoms with Crippen molar-refractivity contribution in [2.45, 2.75) is 40.0 Å². The lowest BCUT2D eigenvalue weighted by atomic mass is 10.0. The molecule has 1 N–H and O–H groups in total. The lowest BCUT2D eigenvalue weighted by Gasteiger charge is -2.18. The first-order valence-corrected chi connectivity index (χ1v) is 10.8. The molecule has 1 aliphatic heterocycles. The number of carbonyl (C=O) groups excluding carboxylic acids is 2. The molecular weight excluding hydrogens is 400 g/mol. The van der Waals surface area contributed by atoms with Gasteiger partial charge in [0.1, 0.15) is 11.2 Å². The number of aryl methyl sites for hydroxylation is 2. The molecule has 0 bridgehead atoms. The Bertz CT molecular complexity index is 1210. The minimum Gasteiger partial charge on any atom is -0.312 e. The molecule has 0 spiro atoms. The largest absolute Gasteiger partial charge is 0.312 e. The first-order valence-electron chi connectivity index (χ1n) is 9.94. The average molecular weight is 425 g/mol. The van der Waals surface area contributed by atoms with Crippen LogP contribution in [0.25, 0.3) is 10.2 Å². The Balaban J connectivity index is 1.54. The average Bonchev–Trinajstić information content (AvgIpc) is 3.24. The van der Waals surface area contributed by atoms with Crippen molar-refractivity contribution >= 4 is 39.1 Å². The summed E-state index contributed by atoms with van der Waals surface area (Å²) in [6, 6.07) is 7.83. The maximum Gasteiger partial charge on any atom is 0.281 e. The lowest BCUT2D eigenvalue weighted by Crippen LogP contribution is -2.37. The van der Waals surface area contributed by atoms with Crippen molar-refractivity contribution in [3.05, 3.63) is 57.0 Å². The van der Waals surface area contributed by atoms with E-state index >= 15 is 0 Å². The molecule has 1 saturated heterocycles. The van der Waals surface area contributed by atoms with Gasteiger partial charge in [0.05, 0.1) is 11.3 Å². The van der Waals surface area contributed by atoms with Crippen LogP contribution in [-0.2, 0) is 9.59 Å². The zero-order chi connectivity index (χ0) is 21.6. The Morgan fingerprint density at radius 2 is 2.03 bits per heavy atom. The highest BCUT2D eigenvalue weighted by atomic mass is 32.1. The topological polar surface area (TPSA) is 84.3 Å². The fourth-order valence-electron chi connectivity index (χ4n) is 3.71. The van der Waals surface area contributed by atoms with Crippen molar-refractivity contribution in [1.29, 1.82) is 0 Å². The summed E-state index contributed by atoms with van der Waals surface area (Å²) in [5.74, 6) is -0.645. The van der Waals surface area contributed by atoms with Gasteiger partial charge in [0.2, 0.25) is 11.8 Å². The van der Waals surface area contributed by atoms with Crippen molar-refractivity contribution in [1.82, 2.24) is 9.66 Å². The van der Waals surface area contributed by atoms with Gasteiger partial charge in [-0.25, -0.2) is 9.66 Å². The zero-order valence-electron chi connectivity index (χ0n) is 17.4. The van der Waals surface area contributed by atoms with Gasteiger partial charge in [0.25, 0.3) is 5.56 Å². The van der Waals surface area contributed by atoms with Crippen LogP contribution in [0.1, 0.15) is 42.2 Å². The van der Waals surface area contributed by atoms with Gasteiger partial charge in [-0.1, -0.05) is 26.0 Å². The highest BCUT2D eigenvalue weighted by Gasteiger charge is 2.35. The van der Waals surface area contributed by atoms with E-state index in [4.69, 9.17) is 0 Å². The number of aromatic nitrogens is 2. The molecule has 7 nitrogen and oxygen atoms in total. The first kappa shape index (κ1) is 20.3. The summed E-state index contributed by atoms with van der Waals surface area (Å²) < 4.78 is 1.12. The maximum atomic E-state index is 12.8. The minimum atomic E-state index is -0.534. The summed E-state index contributed by atoms with van der Waals surface area (Å²) in [5.41, 5.74) is 5.14. The van der Waals surface area contributed by atoms with Crippen molar-refractivity contribution in [2.24, 2.45) is 5.92 Å². The number of benzene rings is 1. The fraction of sp³-hybridized carbons (Fsp3) is 0.364. The molecule has 1 aliphatic rings. The van der Waals surface area contributed by atoms with Gasteiger partial charge in [0, 0.05) is 23.5 Å². The molecule has 4 rings (SSSR count). The summed E-state index contributed by atoms with van der Waals surface area (Å²) in [4.78, 5) is 45.8. The number of hydrogen-bond donors (Lipinski definition) is 1. The molecule has 3 heterocycles. The quantitative estimate of drug-likeness (QED) is 0.696. The van der Waals surface area contributed by atoms with E-state index in [1.54, 1.807) is 4.90 Å². The molecule has 8 heteroatoms. The van der Waals surface area contributed by atoms with E-state index in [9.17, 15) is 14.4 Å². The summed E-state index contributed by atoms with van der Waals surface area (Å²) in [6.07, 6.45) is 1.44. The van der Waals surface area contributed by atoms with Gasteiger partial charge >= 0.3 is 0 Å². The van der Waals surface area contributed by atoms with E-state index in [0.29, 0.717) is 16.1 Å². The second-order valence-electron chi connectivity index (χ2n) is 8.01. The minimum absolute atomic E-state index is 0.0960. The van der Waals surface area contributed by atoms with Crippen LogP contribution < -0.4 is 15.9 Å². The highest BCUT2D eigenvalue weighted by Crippen LogP contribution is 2.28. The second kappa shape index (κ2) is 7.68. The molecule has 0 aliphatic carbocycles. The van der Waals surface area contributed by atoms with E-state index in [0.717, 1.165) is 26.4 Å². The third-order valence-corrected chi connectivity index (χ3v) is 6.78. The van der Waals surface area contributed by atoms with Gasteiger partial charge in [0.15, 0.2) is 0 Å². The predicted molar refractivity (Wildman–Crippen MR) is 119 cm³/mol. The number of nitrogens with zero attached hydrogens (tertiary/aromatic N) is 3. The molecule has 1 fully saturated rings. The molecule has 3 aromatic rings. The van der Waals surface area contributed by atoms with Crippen LogP contribution in [0.3, 0.4) is 0 Å². The van der Waals surface area contributed by atoms with Crippen LogP contribution in [0, 0.1) is 19.8 Å². The molecule has 0 radical (unpaired) electrons. The third-order valence-electron chi connectivity index (χ3n) is 5.66. The molecule has 1 atom stereocenters. The third kappa shape index (κ3) is 3.52. The Hall–Kier alpha value is -3.00. The number of carbonyl (C=O) groups is 2. The number of rotatable bonds is 4.